The third-order valence-electron chi connectivity index (χ3n) is 1.24. The molecule has 0 atom stereocenters. The second kappa shape index (κ2) is 3.04. The van der Waals surface area contributed by atoms with E-state index in [1.165, 1.54) is 0 Å². The molecular weight excluding hydrogens is 167 g/mol. The monoisotopic (exact) mass is 170 g/mol. The Bertz CT molecular complexity index is 340. The Hall–Kier alpha value is -1.85. The highest BCUT2D eigenvalue weighted by atomic mass is 19.1. The first-order valence-corrected chi connectivity index (χ1v) is 2.92. The van der Waals surface area contributed by atoms with Gasteiger partial charge < -0.3 is 0 Å². The van der Waals surface area contributed by atoms with Crippen molar-refractivity contribution in [2.75, 3.05) is 0 Å². The average Bonchev–Trinajstić information content (AvgIpc) is 2.04. The van der Waals surface area contributed by atoms with Crippen molar-refractivity contribution in [1.29, 1.82) is 0 Å². The van der Waals surface area contributed by atoms with E-state index >= 15 is 0 Å². The van der Waals surface area contributed by atoms with Crippen molar-refractivity contribution in [1.82, 2.24) is 0 Å². The van der Waals surface area contributed by atoms with Crippen molar-refractivity contribution < 1.29 is 9.31 Å². The zero-order valence-corrected chi connectivity index (χ0v) is 5.73. The molecule has 0 aliphatic rings. The Labute approximate surface area is 65.9 Å². The van der Waals surface area contributed by atoms with Crippen molar-refractivity contribution in [3.8, 4) is 0 Å². The lowest BCUT2D eigenvalue weighted by atomic mass is 10.3. The molecule has 5 nitrogen and oxygen atoms in total. The van der Waals surface area contributed by atoms with Gasteiger partial charge >= 0.3 is 0 Å². The molecule has 6 heteroatoms. The Morgan fingerprint density at radius 2 is 2.17 bits per heavy atom. The third kappa shape index (κ3) is 1.42. The highest BCUT2D eigenvalue weighted by Gasteiger charge is 2.10. The number of rotatable bonds is 2. The normalized spacial score (nSPS) is 9.42. The van der Waals surface area contributed by atoms with E-state index in [1.807, 2.05) is 0 Å². The van der Waals surface area contributed by atoms with Crippen LogP contribution in [-0.2, 0) is 0 Å². The highest BCUT2D eigenvalue weighted by Crippen LogP contribution is 2.22. The van der Waals surface area contributed by atoms with E-state index in [4.69, 9.17) is 0 Å². The SMILES string of the molecule is O=Nc1ccc([N+](=O)[O-])cc1F. The smallest absolute Gasteiger partial charge is 0.258 e. The number of halogens is 1. The van der Waals surface area contributed by atoms with E-state index in [1.54, 1.807) is 0 Å². The second-order valence-corrected chi connectivity index (χ2v) is 1.98. The number of nitroso groups, excluding NO2 is 1. The van der Waals surface area contributed by atoms with Crippen LogP contribution in [0.25, 0.3) is 0 Å². The van der Waals surface area contributed by atoms with Gasteiger partial charge in [0.1, 0.15) is 5.69 Å². The van der Waals surface area contributed by atoms with Gasteiger partial charge in [-0.25, -0.2) is 4.39 Å². The molecule has 0 aromatic heterocycles. The summed E-state index contributed by atoms with van der Waals surface area (Å²) >= 11 is 0. The minimum absolute atomic E-state index is 0.403. The van der Waals surface area contributed by atoms with E-state index in [0.717, 1.165) is 12.1 Å². The van der Waals surface area contributed by atoms with Gasteiger partial charge in [-0.1, -0.05) is 0 Å². The summed E-state index contributed by atoms with van der Waals surface area (Å²) in [6.45, 7) is 0. The Morgan fingerprint density at radius 1 is 1.50 bits per heavy atom. The van der Waals surface area contributed by atoms with Crippen LogP contribution in [0.4, 0.5) is 15.8 Å². The van der Waals surface area contributed by atoms with Crippen LogP contribution >= 0.6 is 0 Å². The molecular formula is C6H3FN2O3. The second-order valence-electron chi connectivity index (χ2n) is 1.98. The third-order valence-corrected chi connectivity index (χ3v) is 1.24. The number of nitrogens with zero attached hydrogens (tertiary/aromatic N) is 2. The standard InChI is InChI=1S/C6H3FN2O3/c7-5-3-4(9(11)12)1-2-6(5)8-10/h1-3H. The molecule has 0 unspecified atom stereocenters. The minimum atomic E-state index is -0.987. The van der Waals surface area contributed by atoms with Crippen LogP contribution in [0.2, 0.25) is 0 Å². The van der Waals surface area contributed by atoms with Gasteiger partial charge in [-0.05, 0) is 11.2 Å². The van der Waals surface area contributed by atoms with E-state index < -0.39 is 22.1 Å². The van der Waals surface area contributed by atoms with Crippen molar-refractivity contribution in [2.45, 2.75) is 0 Å². The predicted molar refractivity (Wildman–Crippen MR) is 38.5 cm³/mol. The Kier molecular flexibility index (Phi) is 2.09. The molecule has 1 aromatic rings. The van der Waals surface area contributed by atoms with Crippen LogP contribution in [0.15, 0.2) is 23.4 Å². The highest BCUT2D eigenvalue weighted by molar-refractivity contribution is 5.45. The van der Waals surface area contributed by atoms with Gasteiger partial charge in [0.25, 0.3) is 5.69 Å². The fourth-order valence-corrected chi connectivity index (χ4v) is 0.683. The van der Waals surface area contributed by atoms with Gasteiger partial charge in [-0.3, -0.25) is 10.1 Å². The van der Waals surface area contributed by atoms with Crippen molar-refractivity contribution in [3.05, 3.63) is 39.0 Å². The van der Waals surface area contributed by atoms with Gasteiger partial charge in [0.15, 0.2) is 5.82 Å². The molecule has 0 saturated heterocycles. The molecule has 62 valence electrons. The van der Waals surface area contributed by atoms with Gasteiger partial charge in [0.05, 0.1) is 11.0 Å². The molecule has 1 aromatic carbocycles. The maximum absolute atomic E-state index is 12.6. The summed E-state index contributed by atoms with van der Waals surface area (Å²) in [4.78, 5) is 19.2. The quantitative estimate of drug-likeness (QED) is 0.387. The first-order chi connectivity index (χ1) is 5.65. The predicted octanol–water partition coefficient (Wildman–Crippen LogP) is 2.13. The molecule has 12 heavy (non-hydrogen) atoms. The summed E-state index contributed by atoms with van der Waals surface area (Å²) in [6.07, 6.45) is 0. The first-order valence-electron chi connectivity index (χ1n) is 2.92. The maximum atomic E-state index is 12.6. The Balaban J connectivity index is 3.18. The first kappa shape index (κ1) is 8.25. The van der Waals surface area contributed by atoms with Crippen molar-refractivity contribution in [2.24, 2.45) is 5.18 Å². The number of nitro benzene ring substituents is 1. The van der Waals surface area contributed by atoms with Crippen LogP contribution in [0.5, 0.6) is 0 Å². The molecule has 0 bridgehead atoms. The maximum Gasteiger partial charge on any atom is 0.272 e. The van der Waals surface area contributed by atoms with Crippen molar-refractivity contribution >= 4 is 11.4 Å². The number of nitro groups is 1. The lowest BCUT2D eigenvalue weighted by molar-refractivity contribution is -0.385. The number of hydrogen-bond donors (Lipinski definition) is 0. The Morgan fingerprint density at radius 3 is 2.58 bits per heavy atom. The molecule has 0 aliphatic carbocycles. The zero-order valence-electron chi connectivity index (χ0n) is 5.73. The summed E-state index contributed by atoms with van der Waals surface area (Å²) in [6, 6.07) is 2.62. The number of benzene rings is 1. The van der Waals surface area contributed by atoms with Gasteiger partial charge in [0.2, 0.25) is 0 Å². The van der Waals surface area contributed by atoms with E-state index in [9.17, 15) is 19.4 Å². The summed E-state index contributed by atoms with van der Waals surface area (Å²) in [7, 11) is 0. The summed E-state index contributed by atoms with van der Waals surface area (Å²) in [5, 5.41) is 12.4. The van der Waals surface area contributed by atoms with Gasteiger partial charge in [-0.15, -0.1) is 4.91 Å². The largest absolute Gasteiger partial charge is 0.272 e. The van der Waals surface area contributed by atoms with Crippen molar-refractivity contribution in [3.63, 3.8) is 0 Å². The number of hydrogen-bond acceptors (Lipinski definition) is 4. The van der Waals surface area contributed by atoms with Crippen LogP contribution < -0.4 is 0 Å². The van der Waals surface area contributed by atoms with Gasteiger partial charge in [0, 0.05) is 6.07 Å². The van der Waals surface area contributed by atoms with Crippen LogP contribution in [-0.4, -0.2) is 4.92 Å². The lowest BCUT2D eigenvalue weighted by Crippen LogP contribution is -1.88. The zero-order chi connectivity index (χ0) is 9.14. The van der Waals surface area contributed by atoms with E-state index in [2.05, 4.69) is 5.18 Å². The van der Waals surface area contributed by atoms with E-state index in [0.29, 0.717) is 6.07 Å². The molecule has 0 heterocycles. The average molecular weight is 170 g/mol. The molecule has 0 N–H and O–H groups in total. The summed E-state index contributed by atoms with van der Waals surface area (Å²) < 4.78 is 12.6. The number of non-ortho nitro benzene ring substituents is 1. The molecule has 1 rings (SSSR count). The van der Waals surface area contributed by atoms with Crippen LogP contribution in [0.1, 0.15) is 0 Å². The minimum Gasteiger partial charge on any atom is -0.258 e. The fourth-order valence-electron chi connectivity index (χ4n) is 0.683. The molecule has 0 spiro atoms. The van der Waals surface area contributed by atoms with Crippen LogP contribution in [0.3, 0.4) is 0 Å². The lowest BCUT2D eigenvalue weighted by Gasteiger charge is -1.92. The molecule has 0 radical (unpaired) electrons. The molecule has 0 aliphatic heterocycles. The van der Waals surface area contributed by atoms with Crippen LogP contribution in [0, 0.1) is 20.8 Å². The fraction of sp³-hybridized carbons (Fsp3) is 0. The summed E-state index contributed by atoms with van der Waals surface area (Å²) in [5.74, 6) is -0.987. The van der Waals surface area contributed by atoms with E-state index in [-0.39, 0.29) is 0 Å². The molecule has 0 fully saturated rings. The molecule has 0 amide bonds. The van der Waals surface area contributed by atoms with Gasteiger partial charge in [-0.2, -0.15) is 0 Å². The molecule has 0 saturated carbocycles. The summed E-state index contributed by atoms with van der Waals surface area (Å²) in [5.41, 5.74) is -0.833. The topological polar surface area (TPSA) is 72.6 Å².